The number of halogens is 1. The maximum absolute atomic E-state index is 5.70. The van der Waals surface area contributed by atoms with Crippen LogP contribution in [0.4, 0.5) is 5.69 Å². The zero-order valence-corrected chi connectivity index (χ0v) is 11.5. The number of aromatic nitrogens is 4. The van der Waals surface area contributed by atoms with E-state index < -0.39 is 0 Å². The summed E-state index contributed by atoms with van der Waals surface area (Å²) in [5.41, 5.74) is 10.2. The molecule has 0 amide bonds. The molecule has 0 fully saturated rings. The van der Waals surface area contributed by atoms with Crippen LogP contribution in [0.1, 0.15) is 11.4 Å². The number of nitrogens with zero attached hydrogens (tertiary/aromatic N) is 4. The van der Waals surface area contributed by atoms with Crippen molar-refractivity contribution in [3.8, 4) is 11.3 Å². The van der Waals surface area contributed by atoms with Crippen LogP contribution in [0.3, 0.4) is 0 Å². The third-order valence-electron chi connectivity index (χ3n) is 2.92. The van der Waals surface area contributed by atoms with E-state index in [1.54, 1.807) is 4.52 Å². The van der Waals surface area contributed by atoms with Gasteiger partial charge in [-0.05, 0) is 37.6 Å². The van der Waals surface area contributed by atoms with Gasteiger partial charge in [0.25, 0.3) is 0 Å². The Morgan fingerprint density at radius 1 is 1.05 bits per heavy atom. The molecule has 1 aromatic carbocycles. The minimum Gasteiger partial charge on any atom is -0.399 e. The Bertz CT molecular complexity index is 718. The summed E-state index contributed by atoms with van der Waals surface area (Å²) in [6.45, 7) is 3.90. The minimum atomic E-state index is 0. The van der Waals surface area contributed by atoms with E-state index in [9.17, 15) is 0 Å². The standard InChI is InChI=1S/C13H13N5.ClH/c1-8-7-12-16-15-9(2)18(12)17-13(8)10-3-5-11(14)6-4-10;/h3-7H,14H2,1-2H3;1H. The molecule has 0 saturated carbocycles. The molecule has 0 saturated heterocycles. The van der Waals surface area contributed by atoms with Crippen molar-refractivity contribution in [3.05, 3.63) is 41.7 Å². The molecule has 0 atom stereocenters. The number of anilines is 1. The van der Waals surface area contributed by atoms with Crippen LogP contribution < -0.4 is 5.73 Å². The first-order chi connectivity index (χ1) is 8.65. The fourth-order valence-electron chi connectivity index (χ4n) is 1.95. The summed E-state index contributed by atoms with van der Waals surface area (Å²) in [4.78, 5) is 0. The summed E-state index contributed by atoms with van der Waals surface area (Å²) in [5, 5.41) is 12.7. The van der Waals surface area contributed by atoms with Crippen molar-refractivity contribution < 1.29 is 0 Å². The van der Waals surface area contributed by atoms with Gasteiger partial charge in [-0.3, -0.25) is 0 Å². The van der Waals surface area contributed by atoms with Crippen LogP contribution in [0, 0.1) is 13.8 Å². The number of nitrogens with two attached hydrogens (primary N) is 1. The second kappa shape index (κ2) is 4.85. The van der Waals surface area contributed by atoms with Gasteiger partial charge in [-0.2, -0.15) is 9.61 Å². The first-order valence-corrected chi connectivity index (χ1v) is 5.71. The van der Waals surface area contributed by atoms with E-state index in [4.69, 9.17) is 5.73 Å². The maximum Gasteiger partial charge on any atom is 0.178 e. The van der Waals surface area contributed by atoms with Crippen molar-refractivity contribution in [2.24, 2.45) is 0 Å². The van der Waals surface area contributed by atoms with Crippen molar-refractivity contribution in [1.82, 2.24) is 19.8 Å². The van der Waals surface area contributed by atoms with Crippen molar-refractivity contribution in [2.75, 3.05) is 5.73 Å². The highest BCUT2D eigenvalue weighted by atomic mass is 35.5. The predicted octanol–water partition coefficient (Wildman–Crippen LogP) is 2.41. The molecule has 0 aliphatic rings. The Labute approximate surface area is 116 Å². The molecule has 2 heterocycles. The van der Waals surface area contributed by atoms with Gasteiger partial charge in [-0.1, -0.05) is 12.1 Å². The lowest BCUT2D eigenvalue weighted by Gasteiger charge is -2.06. The van der Waals surface area contributed by atoms with Crippen LogP contribution in [-0.2, 0) is 0 Å². The number of nitrogen functional groups attached to an aromatic ring is 1. The second-order valence-corrected chi connectivity index (χ2v) is 4.32. The molecular formula is C13H14ClN5. The Morgan fingerprint density at radius 2 is 1.74 bits per heavy atom. The third kappa shape index (κ3) is 2.24. The molecular weight excluding hydrogens is 262 g/mol. The first-order valence-electron chi connectivity index (χ1n) is 5.71. The SMILES string of the molecule is Cc1cc2nnc(C)n2nc1-c1ccc(N)cc1.Cl. The molecule has 19 heavy (non-hydrogen) atoms. The van der Waals surface area contributed by atoms with Gasteiger partial charge in [0.05, 0.1) is 5.69 Å². The van der Waals surface area contributed by atoms with Crippen LogP contribution in [-0.4, -0.2) is 19.8 Å². The quantitative estimate of drug-likeness (QED) is 0.693. The van der Waals surface area contributed by atoms with Crippen LogP contribution in [0.2, 0.25) is 0 Å². The number of rotatable bonds is 1. The molecule has 2 aromatic heterocycles. The molecule has 0 spiro atoms. The van der Waals surface area contributed by atoms with Gasteiger partial charge in [-0.15, -0.1) is 22.6 Å². The van der Waals surface area contributed by atoms with Crippen LogP contribution in [0.15, 0.2) is 30.3 Å². The highest BCUT2D eigenvalue weighted by Crippen LogP contribution is 2.22. The number of aryl methyl sites for hydroxylation is 2. The molecule has 5 nitrogen and oxygen atoms in total. The molecule has 0 radical (unpaired) electrons. The average Bonchev–Trinajstić information content (AvgIpc) is 2.71. The fraction of sp³-hybridized carbons (Fsp3) is 0.154. The maximum atomic E-state index is 5.70. The third-order valence-corrected chi connectivity index (χ3v) is 2.92. The van der Waals surface area contributed by atoms with Crippen LogP contribution >= 0.6 is 12.4 Å². The predicted molar refractivity (Wildman–Crippen MR) is 77.4 cm³/mol. The molecule has 6 heteroatoms. The highest BCUT2D eigenvalue weighted by Gasteiger charge is 2.09. The lowest BCUT2D eigenvalue weighted by Crippen LogP contribution is -1.99. The summed E-state index contributed by atoms with van der Waals surface area (Å²) in [6, 6.07) is 9.67. The van der Waals surface area contributed by atoms with E-state index >= 15 is 0 Å². The summed E-state index contributed by atoms with van der Waals surface area (Å²) in [5.74, 6) is 0.779. The van der Waals surface area contributed by atoms with E-state index in [-0.39, 0.29) is 12.4 Å². The Kier molecular flexibility index (Phi) is 3.40. The van der Waals surface area contributed by atoms with E-state index in [2.05, 4.69) is 15.3 Å². The Hall–Kier alpha value is -2.14. The molecule has 3 rings (SSSR count). The molecule has 2 N–H and O–H groups in total. The van der Waals surface area contributed by atoms with Gasteiger partial charge >= 0.3 is 0 Å². The minimum absolute atomic E-state index is 0. The second-order valence-electron chi connectivity index (χ2n) is 4.32. The average molecular weight is 276 g/mol. The Morgan fingerprint density at radius 3 is 2.42 bits per heavy atom. The van der Waals surface area contributed by atoms with E-state index in [0.29, 0.717) is 0 Å². The summed E-state index contributed by atoms with van der Waals surface area (Å²) >= 11 is 0. The Balaban J connectivity index is 0.00000133. The molecule has 0 bridgehead atoms. The molecule has 0 unspecified atom stereocenters. The molecule has 0 aliphatic heterocycles. The summed E-state index contributed by atoms with van der Waals surface area (Å²) < 4.78 is 1.75. The zero-order chi connectivity index (χ0) is 12.7. The lowest BCUT2D eigenvalue weighted by molar-refractivity contribution is 0.875. The van der Waals surface area contributed by atoms with Crippen molar-refractivity contribution in [3.63, 3.8) is 0 Å². The van der Waals surface area contributed by atoms with Crippen molar-refractivity contribution in [1.29, 1.82) is 0 Å². The van der Waals surface area contributed by atoms with E-state index in [0.717, 1.165) is 34.0 Å². The van der Waals surface area contributed by atoms with E-state index in [1.165, 1.54) is 0 Å². The highest BCUT2D eigenvalue weighted by molar-refractivity contribution is 5.85. The monoisotopic (exact) mass is 275 g/mol. The lowest BCUT2D eigenvalue weighted by atomic mass is 10.1. The molecule has 98 valence electrons. The molecule has 0 aliphatic carbocycles. The van der Waals surface area contributed by atoms with Crippen molar-refractivity contribution in [2.45, 2.75) is 13.8 Å². The van der Waals surface area contributed by atoms with Crippen molar-refractivity contribution >= 4 is 23.7 Å². The number of hydrogen-bond donors (Lipinski definition) is 1. The number of benzene rings is 1. The van der Waals surface area contributed by atoms with Crippen LogP contribution in [0.5, 0.6) is 0 Å². The topological polar surface area (TPSA) is 69.1 Å². The largest absolute Gasteiger partial charge is 0.399 e. The van der Waals surface area contributed by atoms with Gasteiger partial charge in [0.1, 0.15) is 0 Å². The van der Waals surface area contributed by atoms with Crippen LogP contribution in [0.25, 0.3) is 16.9 Å². The number of hydrogen-bond acceptors (Lipinski definition) is 4. The normalized spacial score (nSPS) is 10.4. The smallest absolute Gasteiger partial charge is 0.178 e. The number of fused-ring (bicyclic) bond motifs is 1. The summed E-state index contributed by atoms with van der Waals surface area (Å²) in [6.07, 6.45) is 0. The van der Waals surface area contributed by atoms with Gasteiger partial charge < -0.3 is 5.73 Å². The molecule has 3 aromatic rings. The van der Waals surface area contributed by atoms with E-state index in [1.807, 2.05) is 44.2 Å². The van der Waals surface area contributed by atoms with Gasteiger partial charge in [-0.25, -0.2) is 0 Å². The first kappa shape index (κ1) is 13.3. The van der Waals surface area contributed by atoms with Gasteiger partial charge in [0.15, 0.2) is 11.5 Å². The fourth-order valence-corrected chi connectivity index (χ4v) is 1.95. The zero-order valence-electron chi connectivity index (χ0n) is 10.7. The summed E-state index contributed by atoms with van der Waals surface area (Å²) in [7, 11) is 0. The van der Waals surface area contributed by atoms with Gasteiger partial charge in [0, 0.05) is 11.3 Å². The van der Waals surface area contributed by atoms with Gasteiger partial charge in [0.2, 0.25) is 0 Å².